The van der Waals surface area contributed by atoms with E-state index in [1.165, 1.54) is 10.8 Å². The van der Waals surface area contributed by atoms with Crippen molar-refractivity contribution in [1.82, 2.24) is 19.1 Å². The second-order valence-corrected chi connectivity index (χ2v) is 9.51. The first-order chi connectivity index (χ1) is 16.3. The van der Waals surface area contributed by atoms with Crippen LogP contribution in [0.15, 0.2) is 45.0 Å². The number of carboxylic acids is 1. The highest BCUT2D eigenvalue weighted by molar-refractivity contribution is 7.15. The van der Waals surface area contributed by atoms with Crippen molar-refractivity contribution in [3.8, 4) is 10.9 Å². The number of aromatic nitrogens is 4. The first-order valence-electron chi connectivity index (χ1n) is 11.3. The Morgan fingerprint density at radius 1 is 1.21 bits per heavy atom. The molecule has 1 saturated carbocycles. The lowest BCUT2D eigenvalue weighted by Crippen LogP contribution is -2.50. The molecule has 0 saturated heterocycles. The quantitative estimate of drug-likeness (QED) is 0.527. The second-order valence-electron chi connectivity index (χ2n) is 8.52. The minimum atomic E-state index is -1.06. The molecule has 2 N–H and O–H groups in total. The molecule has 3 aromatic rings. The Kier molecular flexibility index (Phi) is 7.11. The smallest absolute Gasteiger partial charge is 0.347 e. The number of ether oxygens (including phenoxy) is 1. The van der Waals surface area contributed by atoms with Gasteiger partial charge in [-0.25, -0.2) is 28.9 Å². The number of carbonyl (C=O) groups is 1. The number of aromatic carboxylic acids is 1. The summed E-state index contributed by atoms with van der Waals surface area (Å²) in [5, 5.41) is 9.22. The Morgan fingerprint density at radius 3 is 2.53 bits per heavy atom. The predicted octanol–water partition coefficient (Wildman–Crippen LogP) is 3.36. The minimum Gasteiger partial charge on any atom is -0.477 e. The molecule has 1 fully saturated rings. The maximum atomic E-state index is 13.1. The number of nitrogens with zero attached hydrogens (tertiary/aromatic N) is 4. The van der Waals surface area contributed by atoms with Crippen LogP contribution in [0.5, 0.6) is 10.9 Å². The summed E-state index contributed by atoms with van der Waals surface area (Å²) in [6, 6.07) is 6.71. The number of aromatic amines is 1. The number of nitrogens with one attached hydrogen (secondary N) is 1. The molecule has 1 aliphatic carbocycles. The molecule has 0 bridgehead atoms. The topological polar surface area (TPSA) is 132 Å². The molecule has 4 rings (SSSR count). The maximum Gasteiger partial charge on any atom is 0.347 e. The molecule has 180 valence electrons. The molecule has 2 aromatic heterocycles. The van der Waals surface area contributed by atoms with E-state index in [0.29, 0.717) is 29.8 Å². The van der Waals surface area contributed by atoms with Crippen molar-refractivity contribution < 1.29 is 14.6 Å². The van der Waals surface area contributed by atoms with Crippen molar-refractivity contribution in [3.05, 3.63) is 61.9 Å². The SMILES string of the molecule is CCn1c(=O)[nH]/c(=N\c2ccc(Oc3ncc(C(=O)O)s3)cc2)n(C[C@H]2CC[C@H](C)CC2)c1=O. The van der Waals surface area contributed by atoms with Crippen LogP contribution in [0.25, 0.3) is 0 Å². The Bertz CT molecular complexity index is 1340. The van der Waals surface area contributed by atoms with E-state index in [2.05, 4.69) is 21.9 Å². The summed E-state index contributed by atoms with van der Waals surface area (Å²) in [6.45, 7) is 4.81. The first kappa shape index (κ1) is 23.7. The van der Waals surface area contributed by atoms with Gasteiger partial charge in [-0.3, -0.25) is 9.55 Å². The van der Waals surface area contributed by atoms with Gasteiger partial charge in [-0.1, -0.05) is 31.1 Å². The Balaban J connectivity index is 1.62. The van der Waals surface area contributed by atoms with Crippen LogP contribution in [0, 0.1) is 11.8 Å². The zero-order valence-electron chi connectivity index (χ0n) is 19.1. The van der Waals surface area contributed by atoms with Gasteiger partial charge < -0.3 is 9.84 Å². The monoisotopic (exact) mass is 485 g/mol. The number of carboxylic acid groups (broad SMARTS) is 1. The molecule has 2 heterocycles. The van der Waals surface area contributed by atoms with Gasteiger partial charge >= 0.3 is 17.3 Å². The molecule has 0 atom stereocenters. The van der Waals surface area contributed by atoms with Crippen molar-refractivity contribution in [2.45, 2.75) is 52.6 Å². The number of hydrogen-bond donors (Lipinski definition) is 2. The number of hydrogen-bond acceptors (Lipinski definition) is 7. The summed E-state index contributed by atoms with van der Waals surface area (Å²) in [5.74, 6) is 0.471. The third-order valence-electron chi connectivity index (χ3n) is 6.05. The van der Waals surface area contributed by atoms with Gasteiger partial charge in [0, 0.05) is 13.1 Å². The molecule has 1 aliphatic rings. The summed E-state index contributed by atoms with van der Waals surface area (Å²) in [6.07, 6.45) is 5.61. The van der Waals surface area contributed by atoms with Crippen LogP contribution in [-0.2, 0) is 13.1 Å². The van der Waals surface area contributed by atoms with Crippen LogP contribution in [0.3, 0.4) is 0 Å². The lowest BCUT2D eigenvalue weighted by atomic mass is 9.83. The van der Waals surface area contributed by atoms with Gasteiger partial charge in [-0.2, -0.15) is 0 Å². The third-order valence-corrected chi connectivity index (χ3v) is 6.91. The average Bonchev–Trinajstić information content (AvgIpc) is 3.28. The van der Waals surface area contributed by atoms with Crippen LogP contribution < -0.4 is 21.7 Å². The van der Waals surface area contributed by atoms with Crippen LogP contribution in [0.4, 0.5) is 5.69 Å². The molecule has 0 unspecified atom stereocenters. The summed E-state index contributed by atoms with van der Waals surface area (Å²) < 4.78 is 8.35. The summed E-state index contributed by atoms with van der Waals surface area (Å²) >= 11 is 0.931. The molecule has 10 nitrogen and oxygen atoms in total. The summed E-state index contributed by atoms with van der Waals surface area (Å²) in [4.78, 5) is 47.8. The summed E-state index contributed by atoms with van der Waals surface area (Å²) in [7, 11) is 0. The van der Waals surface area contributed by atoms with E-state index in [4.69, 9.17) is 9.84 Å². The van der Waals surface area contributed by atoms with Gasteiger partial charge in [0.15, 0.2) is 0 Å². The number of benzene rings is 1. The van der Waals surface area contributed by atoms with Crippen molar-refractivity contribution in [3.63, 3.8) is 0 Å². The molecule has 0 amide bonds. The molecular formula is C23H27N5O5S. The van der Waals surface area contributed by atoms with Crippen LogP contribution in [0.1, 0.15) is 49.2 Å². The fraction of sp³-hybridized carbons (Fsp3) is 0.435. The number of rotatable bonds is 7. The number of thiazole rings is 1. The molecular weight excluding hydrogens is 458 g/mol. The minimum absolute atomic E-state index is 0.0874. The molecule has 1 aromatic carbocycles. The standard InChI is InChI=1S/C23H27N5O5S/c1-3-27-21(31)26-20(28(23(27)32)13-15-6-4-14(2)5-7-15)25-16-8-10-17(11-9-16)33-22-24-12-18(34-22)19(29)30/h8-12,14-15H,3-7,13H2,1-2H3,(H,29,30)(H,25,26,31)/t14-,15-. The van der Waals surface area contributed by atoms with E-state index in [1.54, 1.807) is 35.8 Å². The van der Waals surface area contributed by atoms with Gasteiger partial charge in [0.05, 0.1) is 11.9 Å². The van der Waals surface area contributed by atoms with Crippen LogP contribution >= 0.6 is 11.3 Å². The zero-order valence-corrected chi connectivity index (χ0v) is 19.9. The highest BCUT2D eigenvalue weighted by Crippen LogP contribution is 2.29. The Morgan fingerprint density at radius 2 is 1.91 bits per heavy atom. The Labute approximate surface area is 199 Å². The molecule has 0 aliphatic heterocycles. The molecule has 0 radical (unpaired) electrons. The molecule has 34 heavy (non-hydrogen) atoms. The van der Waals surface area contributed by atoms with E-state index < -0.39 is 11.7 Å². The predicted molar refractivity (Wildman–Crippen MR) is 127 cm³/mol. The van der Waals surface area contributed by atoms with E-state index in [0.717, 1.165) is 37.0 Å². The van der Waals surface area contributed by atoms with Crippen molar-refractivity contribution in [1.29, 1.82) is 0 Å². The van der Waals surface area contributed by atoms with E-state index >= 15 is 0 Å². The van der Waals surface area contributed by atoms with Crippen molar-refractivity contribution >= 4 is 23.0 Å². The van der Waals surface area contributed by atoms with E-state index in [9.17, 15) is 14.4 Å². The van der Waals surface area contributed by atoms with E-state index in [1.807, 2.05) is 0 Å². The van der Waals surface area contributed by atoms with Gasteiger partial charge in [0.2, 0.25) is 5.62 Å². The third kappa shape index (κ3) is 5.36. The highest BCUT2D eigenvalue weighted by atomic mass is 32.1. The second kappa shape index (κ2) is 10.2. The Hall–Kier alpha value is -3.47. The van der Waals surface area contributed by atoms with Gasteiger partial charge in [-0.05, 0) is 55.9 Å². The van der Waals surface area contributed by atoms with Crippen molar-refractivity contribution in [2.24, 2.45) is 16.8 Å². The van der Waals surface area contributed by atoms with Gasteiger partial charge in [0.25, 0.3) is 5.19 Å². The largest absolute Gasteiger partial charge is 0.477 e. The average molecular weight is 486 g/mol. The first-order valence-corrected chi connectivity index (χ1v) is 12.1. The lowest BCUT2D eigenvalue weighted by molar-refractivity contribution is 0.0702. The summed E-state index contributed by atoms with van der Waals surface area (Å²) in [5.41, 5.74) is -0.0923. The fourth-order valence-electron chi connectivity index (χ4n) is 4.07. The zero-order chi connectivity index (χ0) is 24.2. The lowest BCUT2D eigenvalue weighted by Gasteiger charge is -2.26. The molecule has 0 spiro atoms. The van der Waals surface area contributed by atoms with Crippen molar-refractivity contribution in [2.75, 3.05) is 0 Å². The van der Waals surface area contributed by atoms with Crippen LogP contribution in [-0.4, -0.2) is 30.2 Å². The highest BCUT2D eigenvalue weighted by Gasteiger charge is 2.20. The van der Waals surface area contributed by atoms with Gasteiger partial charge in [-0.15, -0.1) is 0 Å². The maximum absolute atomic E-state index is 13.1. The van der Waals surface area contributed by atoms with Gasteiger partial charge in [0.1, 0.15) is 10.6 Å². The molecule has 11 heteroatoms. The van der Waals surface area contributed by atoms with Crippen LogP contribution in [0.2, 0.25) is 0 Å². The van der Waals surface area contributed by atoms with E-state index in [-0.39, 0.29) is 27.9 Å². The number of H-pyrrole nitrogens is 1. The fourth-order valence-corrected chi connectivity index (χ4v) is 4.70. The normalized spacial score (nSPS) is 18.7.